The van der Waals surface area contributed by atoms with E-state index in [1.54, 1.807) is 6.07 Å². The van der Waals surface area contributed by atoms with E-state index in [1.165, 1.54) is 18.3 Å². The quantitative estimate of drug-likeness (QED) is 0.852. The first-order valence-electron chi connectivity index (χ1n) is 5.23. The third kappa shape index (κ3) is 3.35. The molecule has 0 aliphatic heterocycles. The zero-order chi connectivity index (χ0) is 14.0. The zero-order valence-electron chi connectivity index (χ0n) is 9.75. The second-order valence-electron chi connectivity index (χ2n) is 3.75. The molecule has 0 aliphatic rings. The average molecular weight is 317 g/mol. The van der Waals surface area contributed by atoms with E-state index in [4.69, 9.17) is 34.8 Å². The topological polar surface area (TPSA) is 54.9 Å². The fourth-order valence-electron chi connectivity index (χ4n) is 1.42. The Labute approximate surface area is 124 Å². The summed E-state index contributed by atoms with van der Waals surface area (Å²) in [5, 5.41) is 3.32. The highest BCUT2D eigenvalue weighted by molar-refractivity contribution is 6.35. The van der Waals surface area contributed by atoms with Gasteiger partial charge >= 0.3 is 0 Å². The molecular formula is C12H8Cl3N3O. The number of nitrogens with zero attached hydrogens (tertiary/aromatic N) is 2. The van der Waals surface area contributed by atoms with Gasteiger partial charge in [-0.15, -0.1) is 0 Å². The number of carbonyl (C=O) groups excluding carboxylic acids is 1. The molecule has 2 rings (SSSR count). The Morgan fingerprint density at radius 1 is 1.21 bits per heavy atom. The molecule has 1 N–H and O–H groups in total. The van der Waals surface area contributed by atoms with Gasteiger partial charge in [-0.1, -0.05) is 34.8 Å². The predicted molar refractivity (Wildman–Crippen MR) is 76.2 cm³/mol. The van der Waals surface area contributed by atoms with Crippen LogP contribution >= 0.6 is 34.8 Å². The molecule has 2 aromatic heterocycles. The number of hydrogen-bond donors (Lipinski definition) is 1. The third-order valence-corrected chi connectivity index (χ3v) is 3.09. The van der Waals surface area contributed by atoms with Crippen LogP contribution in [0.2, 0.25) is 15.5 Å². The van der Waals surface area contributed by atoms with Crippen LogP contribution in [0.15, 0.2) is 24.4 Å². The molecule has 0 atom stereocenters. The van der Waals surface area contributed by atoms with Gasteiger partial charge in [-0.05, 0) is 30.7 Å². The minimum absolute atomic E-state index is 0.0459. The number of pyridine rings is 2. The smallest absolute Gasteiger partial charge is 0.258 e. The number of nitrogens with one attached hydrogen (secondary N) is 1. The first-order chi connectivity index (χ1) is 8.97. The van der Waals surface area contributed by atoms with Gasteiger partial charge < -0.3 is 5.32 Å². The van der Waals surface area contributed by atoms with E-state index >= 15 is 0 Å². The Kier molecular flexibility index (Phi) is 4.24. The van der Waals surface area contributed by atoms with Crippen molar-refractivity contribution in [2.75, 3.05) is 5.32 Å². The number of aromatic nitrogens is 2. The molecule has 4 nitrogen and oxygen atoms in total. The fourth-order valence-corrected chi connectivity index (χ4v) is 2.07. The van der Waals surface area contributed by atoms with Crippen LogP contribution in [0.4, 0.5) is 5.69 Å². The SMILES string of the molecule is Cc1cc(Cl)ncc1NC(=O)c1ccc(Cl)nc1Cl. The molecule has 0 aliphatic carbocycles. The summed E-state index contributed by atoms with van der Waals surface area (Å²) in [5.41, 5.74) is 1.59. The fraction of sp³-hybridized carbons (Fsp3) is 0.0833. The summed E-state index contributed by atoms with van der Waals surface area (Å²) in [6.07, 6.45) is 1.48. The molecule has 0 fully saturated rings. The highest BCUT2D eigenvalue weighted by Gasteiger charge is 2.13. The van der Waals surface area contributed by atoms with Crippen LogP contribution in [-0.2, 0) is 0 Å². The van der Waals surface area contributed by atoms with E-state index in [9.17, 15) is 4.79 Å². The number of carbonyl (C=O) groups is 1. The number of amides is 1. The van der Waals surface area contributed by atoms with Crippen LogP contribution in [0, 0.1) is 6.92 Å². The molecule has 1 amide bonds. The lowest BCUT2D eigenvalue weighted by molar-refractivity contribution is 0.102. The van der Waals surface area contributed by atoms with Gasteiger partial charge in [-0.2, -0.15) is 0 Å². The van der Waals surface area contributed by atoms with Crippen molar-refractivity contribution < 1.29 is 4.79 Å². The Hall–Kier alpha value is -1.36. The maximum absolute atomic E-state index is 12.0. The largest absolute Gasteiger partial charge is 0.320 e. The Morgan fingerprint density at radius 2 is 1.95 bits per heavy atom. The summed E-state index contributed by atoms with van der Waals surface area (Å²) in [6.45, 7) is 1.81. The molecule has 19 heavy (non-hydrogen) atoms. The monoisotopic (exact) mass is 315 g/mol. The van der Waals surface area contributed by atoms with E-state index in [1.807, 2.05) is 6.92 Å². The van der Waals surface area contributed by atoms with Gasteiger partial charge in [-0.3, -0.25) is 4.79 Å². The van der Waals surface area contributed by atoms with Crippen LogP contribution in [0.3, 0.4) is 0 Å². The van der Waals surface area contributed by atoms with E-state index in [0.29, 0.717) is 10.8 Å². The molecule has 0 radical (unpaired) electrons. The van der Waals surface area contributed by atoms with Crippen molar-refractivity contribution in [3.63, 3.8) is 0 Å². The van der Waals surface area contributed by atoms with Crippen LogP contribution in [0.25, 0.3) is 0 Å². The summed E-state index contributed by atoms with van der Waals surface area (Å²) in [5.74, 6) is -0.388. The lowest BCUT2D eigenvalue weighted by Crippen LogP contribution is -2.14. The van der Waals surface area contributed by atoms with Crippen LogP contribution in [0.5, 0.6) is 0 Å². The van der Waals surface area contributed by atoms with Gasteiger partial charge in [0.1, 0.15) is 15.5 Å². The molecular weight excluding hydrogens is 309 g/mol. The van der Waals surface area contributed by atoms with E-state index in [-0.39, 0.29) is 21.8 Å². The van der Waals surface area contributed by atoms with E-state index < -0.39 is 0 Å². The van der Waals surface area contributed by atoms with Gasteiger partial charge in [0.05, 0.1) is 17.4 Å². The Bertz CT molecular complexity index is 646. The van der Waals surface area contributed by atoms with Crippen molar-refractivity contribution in [2.45, 2.75) is 6.92 Å². The molecule has 0 saturated heterocycles. The third-order valence-electron chi connectivity index (χ3n) is 2.39. The summed E-state index contributed by atoms with van der Waals surface area (Å²) in [7, 11) is 0. The maximum Gasteiger partial charge on any atom is 0.258 e. The lowest BCUT2D eigenvalue weighted by Gasteiger charge is -2.08. The Balaban J connectivity index is 2.25. The number of anilines is 1. The second kappa shape index (κ2) is 5.74. The summed E-state index contributed by atoms with van der Waals surface area (Å²) in [4.78, 5) is 19.8. The van der Waals surface area contributed by atoms with Crippen LogP contribution in [-0.4, -0.2) is 15.9 Å². The molecule has 7 heteroatoms. The van der Waals surface area contributed by atoms with Crippen molar-refractivity contribution in [1.82, 2.24) is 9.97 Å². The lowest BCUT2D eigenvalue weighted by atomic mass is 10.2. The summed E-state index contributed by atoms with van der Waals surface area (Å²) in [6, 6.07) is 4.65. The standard InChI is InChI=1S/C12H8Cl3N3O/c1-6-4-10(14)16-5-8(6)17-12(19)7-2-3-9(13)18-11(7)15/h2-5H,1H3,(H,17,19). The Morgan fingerprint density at radius 3 is 2.58 bits per heavy atom. The summed E-state index contributed by atoms with van der Waals surface area (Å²) < 4.78 is 0. The maximum atomic E-state index is 12.0. The molecule has 0 bridgehead atoms. The minimum Gasteiger partial charge on any atom is -0.320 e. The molecule has 2 aromatic rings. The molecule has 2 heterocycles. The van der Waals surface area contributed by atoms with Gasteiger partial charge in [0, 0.05) is 0 Å². The number of aryl methyl sites for hydroxylation is 1. The van der Waals surface area contributed by atoms with Crippen LogP contribution < -0.4 is 5.32 Å². The van der Waals surface area contributed by atoms with Gasteiger partial charge in [0.15, 0.2) is 0 Å². The normalized spacial score (nSPS) is 10.3. The molecule has 0 spiro atoms. The summed E-state index contributed by atoms with van der Waals surface area (Å²) >= 11 is 17.3. The first kappa shape index (κ1) is 14.1. The van der Waals surface area contributed by atoms with Crippen LogP contribution in [0.1, 0.15) is 15.9 Å². The van der Waals surface area contributed by atoms with Crippen molar-refractivity contribution in [3.05, 3.63) is 51.0 Å². The van der Waals surface area contributed by atoms with Crippen molar-refractivity contribution in [3.8, 4) is 0 Å². The minimum atomic E-state index is -0.388. The van der Waals surface area contributed by atoms with Crippen molar-refractivity contribution >= 4 is 46.4 Å². The highest BCUT2D eigenvalue weighted by Crippen LogP contribution is 2.20. The predicted octanol–water partition coefficient (Wildman–Crippen LogP) is 4.00. The zero-order valence-corrected chi connectivity index (χ0v) is 12.0. The molecule has 98 valence electrons. The van der Waals surface area contributed by atoms with Crippen molar-refractivity contribution in [1.29, 1.82) is 0 Å². The molecule has 0 saturated carbocycles. The van der Waals surface area contributed by atoms with E-state index in [2.05, 4.69) is 15.3 Å². The highest BCUT2D eigenvalue weighted by atomic mass is 35.5. The second-order valence-corrected chi connectivity index (χ2v) is 4.88. The first-order valence-corrected chi connectivity index (χ1v) is 6.36. The van der Waals surface area contributed by atoms with Gasteiger partial charge in [0.2, 0.25) is 0 Å². The molecule has 0 unspecified atom stereocenters. The average Bonchev–Trinajstić information content (AvgIpc) is 2.32. The molecule has 0 aromatic carbocycles. The van der Waals surface area contributed by atoms with Gasteiger partial charge in [-0.25, -0.2) is 9.97 Å². The van der Waals surface area contributed by atoms with Crippen molar-refractivity contribution in [2.24, 2.45) is 0 Å². The number of rotatable bonds is 2. The number of halogens is 3. The van der Waals surface area contributed by atoms with Gasteiger partial charge in [0.25, 0.3) is 5.91 Å². The van der Waals surface area contributed by atoms with E-state index in [0.717, 1.165) is 5.56 Å². The number of hydrogen-bond acceptors (Lipinski definition) is 3.